The number of ketones is 2. The van der Waals surface area contributed by atoms with Gasteiger partial charge in [-0.05, 0) is 44.6 Å². The number of morpholine rings is 1. The van der Waals surface area contributed by atoms with Crippen LogP contribution in [0.2, 0.25) is 0 Å². The predicted molar refractivity (Wildman–Crippen MR) is 162 cm³/mol. The Morgan fingerprint density at radius 1 is 1.04 bits per heavy atom. The molecule has 2 aliphatic carbocycles. The maximum atomic E-state index is 13.1. The molecule has 0 saturated carbocycles. The number of hydrogen-bond donors (Lipinski definition) is 7. The molecule has 1 radical (unpaired) electrons. The summed E-state index contributed by atoms with van der Waals surface area (Å²) in [6.07, 6.45) is 2.99. The fourth-order valence-electron chi connectivity index (χ4n) is 5.53. The summed E-state index contributed by atoms with van der Waals surface area (Å²) in [6, 6.07) is 4.80. The number of hydrogen-bond acceptors (Lipinski definition) is 12. The molecule has 2 aromatic rings. The summed E-state index contributed by atoms with van der Waals surface area (Å²) in [5.74, 6) is -1.50. The molecule has 7 N–H and O–H groups in total. The van der Waals surface area contributed by atoms with Crippen LogP contribution in [-0.2, 0) is 59.8 Å². The molecule has 0 bridgehead atoms. The number of carbonyl (C=O) groups excluding carboxylic acids is 2. The van der Waals surface area contributed by atoms with Crippen LogP contribution in [0, 0.1) is 11.3 Å². The Balaban J connectivity index is 0.000000340. The van der Waals surface area contributed by atoms with Crippen LogP contribution in [-0.4, -0.2) is 95.4 Å². The molecule has 4 aliphatic rings. The first kappa shape index (κ1) is 38.9. The van der Waals surface area contributed by atoms with Gasteiger partial charge in [0.15, 0.2) is 17.9 Å². The fraction of sp³-hybridized carbons (Fsp3) is 0.531. The van der Waals surface area contributed by atoms with Gasteiger partial charge in [0.2, 0.25) is 0 Å². The van der Waals surface area contributed by atoms with Gasteiger partial charge in [0.25, 0.3) is 0 Å². The molecule has 45 heavy (non-hydrogen) atoms. The van der Waals surface area contributed by atoms with E-state index in [0.29, 0.717) is 36.3 Å². The molecular formula is C32H44N2O10Y. The van der Waals surface area contributed by atoms with Crippen LogP contribution in [0.5, 0.6) is 17.2 Å². The van der Waals surface area contributed by atoms with Crippen LogP contribution >= 0.6 is 0 Å². The Labute approximate surface area is 288 Å². The molecule has 2 heterocycles. The van der Waals surface area contributed by atoms with E-state index >= 15 is 0 Å². The Morgan fingerprint density at radius 3 is 2.27 bits per heavy atom. The number of fused-ring (bicyclic) bond motifs is 3. The Kier molecular flexibility index (Phi) is 16.2. The quantitative estimate of drug-likeness (QED) is 0.197. The van der Waals surface area contributed by atoms with Gasteiger partial charge in [-0.1, -0.05) is 26.0 Å². The van der Waals surface area contributed by atoms with E-state index in [1.54, 1.807) is 18.2 Å². The smallest absolute Gasteiger partial charge is 0.198 e. The summed E-state index contributed by atoms with van der Waals surface area (Å²) < 4.78 is 15.0. The minimum absolute atomic E-state index is 0. The number of phenols is 2. The van der Waals surface area contributed by atoms with Crippen LogP contribution in [0.4, 0.5) is 0 Å². The Bertz CT molecular complexity index is 1310. The summed E-state index contributed by atoms with van der Waals surface area (Å²) in [7, 11) is 1.44. The minimum atomic E-state index is -0.589. The van der Waals surface area contributed by atoms with Gasteiger partial charge in [-0.3, -0.25) is 20.3 Å². The normalized spacial score (nSPS) is 21.3. The molecule has 3 unspecified atom stereocenters. The third-order valence-electron chi connectivity index (χ3n) is 7.74. The van der Waals surface area contributed by atoms with E-state index in [0.717, 1.165) is 39.0 Å². The number of ether oxygens (including phenoxy) is 3. The number of benzene rings is 2. The molecule has 0 spiro atoms. The number of carbonyl (C=O) groups is 2. The molecule has 0 aromatic heterocycles. The second-order valence-electron chi connectivity index (χ2n) is 10.4. The maximum Gasteiger partial charge on any atom is 0.198 e. The zero-order valence-corrected chi connectivity index (χ0v) is 28.9. The molecule has 2 aromatic carbocycles. The second-order valence-corrected chi connectivity index (χ2v) is 10.4. The first-order valence-electron chi connectivity index (χ1n) is 15.0. The van der Waals surface area contributed by atoms with Gasteiger partial charge in [-0.15, -0.1) is 0 Å². The average molecular weight is 706 g/mol. The van der Waals surface area contributed by atoms with E-state index in [2.05, 4.69) is 5.32 Å². The number of phenolic OH excluding ortho intramolecular Hbond substituents is 2. The summed E-state index contributed by atoms with van der Waals surface area (Å²) in [5, 5.41) is 59.7. The van der Waals surface area contributed by atoms with Gasteiger partial charge in [-0.2, -0.15) is 0 Å². The van der Waals surface area contributed by atoms with Crippen molar-refractivity contribution in [3.8, 4) is 17.2 Å². The first-order valence-corrected chi connectivity index (χ1v) is 15.0. The fourth-order valence-corrected chi connectivity index (χ4v) is 5.53. The van der Waals surface area contributed by atoms with E-state index in [4.69, 9.17) is 34.9 Å². The van der Waals surface area contributed by atoms with Crippen molar-refractivity contribution in [2.45, 2.75) is 64.9 Å². The molecule has 2 saturated heterocycles. The van der Waals surface area contributed by atoms with Crippen molar-refractivity contribution in [3.63, 3.8) is 0 Å². The zero-order chi connectivity index (χ0) is 32.4. The number of aliphatic hydroxyl groups excluding tert-OH is 3. The second kappa shape index (κ2) is 18.8. The van der Waals surface area contributed by atoms with Gasteiger partial charge >= 0.3 is 0 Å². The van der Waals surface area contributed by atoms with E-state index in [-0.39, 0.29) is 84.4 Å². The maximum absolute atomic E-state index is 13.1. The van der Waals surface area contributed by atoms with Gasteiger partial charge < -0.3 is 39.7 Å². The summed E-state index contributed by atoms with van der Waals surface area (Å²) >= 11 is 0. The minimum Gasteiger partial charge on any atom is -0.507 e. The number of rotatable bonds is 3. The third-order valence-corrected chi connectivity index (χ3v) is 7.74. The van der Waals surface area contributed by atoms with E-state index in [1.165, 1.54) is 7.11 Å². The van der Waals surface area contributed by atoms with Gasteiger partial charge in [0.1, 0.15) is 30.1 Å². The molecular weight excluding hydrogens is 661 g/mol. The van der Waals surface area contributed by atoms with Crippen molar-refractivity contribution in [1.82, 2.24) is 5.32 Å². The van der Waals surface area contributed by atoms with Crippen molar-refractivity contribution in [2.24, 2.45) is 5.92 Å². The van der Waals surface area contributed by atoms with E-state index in [9.17, 15) is 19.8 Å². The SMILES string of the molecule is CC.COc1cccc2c1C(=N)c1c(O)c3c(c(O)c1C2=O)CC(C(=O)CO)CC3.OC1CCCCO1.OC1COCCN1.[Y]. The van der Waals surface area contributed by atoms with Crippen LogP contribution in [0.15, 0.2) is 18.2 Å². The number of nitrogens with one attached hydrogen (secondary N) is 2. The summed E-state index contributed by atoms with van der Waals surface area (Å²) in [4.78, 5) is 25.0. The Morgan fingerprint density at radius 2 is 1.76 bits per heavy atom. The van der Waals surface area contributed by atoms with Gasteiger partial charge in [0, 0.05) is 68.5 Å². The van der Waals surface area contributed by atoms with Crippen molar-refractivity contribution in [3.05, 3.63) is 51.6 Å². The molecule has 12 nitrogen and oxygen atoms in total. The zero-order valence-electron chi connectivity index (χ0n) is 26.1. The molecule has 2 aliphatic heterocycles. The Hall–Kier alpha value is -2.29. The van der Waals surface area contributed by atoms with Gasteiger partial charge in [-0.25, -0.2) is 0 Å². The number of Topliss-reactive ketones (excluding diaryl/α,β-unsaturated/α-hetero) is 1. The van der Waals surface area contributed by atoms with Crippen molar-refractivity contribution in [2.75, 3.05) is 40.1 Å². The number of aliphatic hydroxyl groups is 3. The molecule has 6 rings (SSSR count). The molecule has 3 atom stereocenters. The van der Waals surface area contributed by atoms with Crippen molar-refractivity contribution in [1.29, 1.82) is 5.41 Å². The largest absolute Gasteiger partial charge is 0.507 e. The first-order chi connectivity index (χ1) is 21.2. The van der Waals surface area contributed by atoms with Crippen molar-refractivity contribution < 1.29 is 82.0 Å². The van der Waals surface area contributed by atoms with Crippen LogP contribution in [0.3, 0.4) is 0 Å². The van der Waals surface area contributed by atoms with Crippen LogP contribution in [0.1, 0.15) is 77.7 Å². The monoisotopic (exact) mass is 705 g/mol. The standard InChI is InChI=1S/C21H19NO6.C5H10O2.C4H9NO2.C2H6.Y/c1-28-14-4-2-3-11-15(14)18(22)16-17(20(11)26)21(27)12-7-9(13(24)8-23)5-6-10(12)19(16)25;6-5-3-1-2-4-7-5;6-4-3-7-2-1-5-4;1-2;/h2-4,9,22-23,25,27H,5-8H2,1H3;5-6H,1-4H2;4-6H,1-3H2;1-2H3;. The predicted octanol–water partition coefficient (Wildman–Crippen LogP) is 2.19. The van der Waals surface area contributed by atoms with Crippen molar-refractivity contribution >= 4 is 17.3 Å². The molecule has 2 fully saturated rings. The van der Waals surface area contributed by atoms with E-state index in [1.807, 2.05) is 13.8 Å². The topological polar surface area (TPSA) is 199 Å². The summed E-state index contributed by atoms with van der Waals surface area (Å²) in [5.41, 5.74) is 1.04. The van der Waals surface area contributed by atoms with Crippen LogP contribution in [0.25, 0.3) is 0 Å². The summed E-state index contributed by atoms with van der Waals surface area (Å²) in [6.45, 7) is 6.06. The van der Waals surface area contributed by atoms with Crippen LogP contribution < -0.4 is 10.1 Å². The molecule has 0 amide bonds. The molecule has 245 valence electrons. The van der Waals surface area contributed by atoms with E-state index < -0.39 is 30.8 Å². The number of methoxy groups -OCH3 is 1. The average Bonchev–Trinajstić information content (AvgIpc) is 3.06. The van der Waals surface area contributed by atoms with Gasteiger partial charge in [0.05, 0.1) is 42.7 Å². The molecule has 13 heteroatoms. The number of aromatic hydroxyl groups is 2. The third kappa shape index (κ3) is 9.17.